The first-order valence-electron chi connectivity index (χ1n) is 8.39. The van der Waals surface area contributed by atoms with Crippen LogP contribution in [0.15, 0.2) is 18.2 Å². The van der Waals surface area contributed by atoms with Gasteiger partial charge in [-0.15, -0.1) is 10.2 Å². The first-order valence-corrected chi connectivity index (χ1v) is 9.96. The SMILES string of the molecule is CN(C)C(=O)CN1CCCC(Nc2nnc(-c3cc(Cl)cc(Cl)c3)s2)C1=O. The highest BCUT2D eigenvalue weighted by atomic mass is 35.5. The third-order valence-electron chi connectivity index (χ3n) is 4.19. The Morgan fingerprint density at radius 2 is 2.00 bits per heavy atom. The highest BCUT2D eigenvalue weighted by molar-refractivity contribution is 7.18. The molecule has 0 spiro atoms. The summed E-state index contributed by atoms with van der Waals surface area (Å²) in [7, 11) is 3.36. The molecule has 1 unspecified atom stereocenters. The van der Waals surface area contributed by atoms with E-state index in [0.717, 1.165) is 12.0 Å². The summed E-state index contributed by atoms with van der Waals surface area (Å²) in [6, 6.07) is 4.75. The van der Waals surface area contributed by atoms with Gasteiger partial charge in [-0.2, -0.15) is 0 Å². The highest BCUT2D eigenvalue weighted by Gasteiger charge is 2.30. The minimum Gasteiger partial charge on any atom is -0.348 e. The quantitative estimate of drug-likeness (QED) is 0.792. The van der Waals surface area contributed by atoms with Crippen LogP contribution in [-0.4, -0.2) is 65.0 Å². The first-order chi connectivity index (χ1) is 12.8. The van der Waals surface area contributed by atoms with E-state index in [4.69, 9.17) is 23.2 Å². The molecule has 1 aromatic heterocycles. The van der Waals surface area contributed by atoms with Crippen molar-refractivity contribution >= 4 is 51.5 Å². The molecule has 10 heteroatoms. The molecule has 0 radical (unpaired) electrons. The Labute approximate surface area is 171 Å². The van der Waals surface area contributed by atoms with Crippen molar-refractivity contribution in [2.75, 3.05) is 32.5 Å². The fourth-order valence-corrected chi connectivity index (χ4v) is 4.07. The Hall–Kier alpha value is -1.90. The van der Waals surface area contributed by atoms with Crippen LogP contribution in [0, 0.1) is 0 Å². The van der Waals surface area contributed by atoms with E-state index in [0.29, 0.717) is 33.2 Å². The minimum absolute atomic E-state index is 0.0897. The summed E-state index contributed by atoms with van der Waals surface area (Å²) in [6.07, 6.45) is 1.50. The molecular formula is C17H19Cl2N5O2S. The number of likely N-dealkylation sites (N-methyl/N-ethyl adjacent to an activating group) is 1. The maximum Gasteiger partial charge on any atom is 0.245 e. The van der Waals surface area contributed by atoms with Gasteiger partial charge in [0.25, 0.3) is 0 Å². The second kappa shape index (κ2) is 8.41. The Morgan fingerprint density at radius 3 is 2.67 bits per heavy atom. The Kier molecular flexibility index (Phi) is 6.18. The van der Waals surface area contributed by atoms with Gasteiger partial charge in [0, 0.05) is 36.2 Å². The summed E-state index contributed by atoms with van der Waals surface area (Å²) in [6.45, 7) is 0.672. The van der Waals surface area contributed by atoms with E-state index >= 15 is 0 Å². The van der Waals surface area contributed by atoms with Crippen LogP contribution in [0.1, 0.15) is 12.8 Å². The number of likely N-dealkylation sites (tertiary alicyclic amines) is 1. The topological polar surface area (TPSA) is 78.4 Å². The van der Waals surface area contributed by atoms with Crippen molar-refractivity contribution in [3.8, 4) is 10.6 Å². The monoisotopic (exact) mass is 427 g/mol. The molecule has 0 bridgehead atoms. The standard InChI is InChI=1S/C17H19Cl2N5O2S/c1-23(2)14(25)9-24-5-3-4-13(16(24)26)20-17-22-21-15(27-17)10-6-11(18)8-12(19)7-10/h6-8,13H,3-5,9H2,1-2H3,(H,20,22). The summed E-state index contributed by atoms with van der Waals surface area (Å²) in [5.74, 6) is -0.195. The molecule has 1 atom stereocenters. The molecule has 27 heavy (non-hydrogen) atoms. The number of benzene rings is 1. The van der Waals surface area contributed by atoms with Crippen LogP contribution >= 0.6 is 34.5 Å². The molecule has 2 amide bonds. The fourth-order valence-electron chi connectivity index (χ4n) is 2.76. The molecule has 1 fully saturated rings. The predicted molar refractivity (Wildman–Crippen MR) is 107 cm³/mol. The lowest BCUT2D eigenvalue weighted by Crippen LogP contribution is -2.50. The number of anilines is 1. The predicted octanol–water partition coefficient (Wildman–Crippen LogP) is 3.00. The van der Waals surface area contributed by atoms with Gasteiger partial charge < -0.3 is 15.1 Å². The lowest BCUT2D eigenvalue weighted by molar-refractivity contribution is -0.141. The second-order valence-electron chi connectivity index (χ2n) is 6.46. The van der Waals surface area contributed by atoms with Crippen LogP contribution in [0.2, 0.25) is 10.0 Å². The number of aromatic nitrogens is 2. The van der Waals surface area contributed by atoms with E-state index < -0.39 is 6.04 Å². The van der Waals surface area contributed by atoms with E-state index in [-0.39, 0.29) is 18.4 Å². The Bertz CT molecular complexity index is 837. The van der Waals surface area contributed by atoms with Gasteiger partial charge in [-0.25, -0.2) is 0 Å². The number of piperidine rings is 1. The molecule has 1 aliphatic rings. The number of nitrogens with one attached hydrogen (secondary N) is 1. The van der Waals surface area contributed by atoms with Gasteiger partial charge in [-0.05, 0) is 31.0 Å². The average molecular weight is 428 g/mol. The van der Waals surface area contributed by atoms with Crippen molar-refractivity contribution in [2.24, 2.45) is 0 Å². The molecule has 2 heterocycles. The third-order valence-corrected chi connectivity index (χ3v) is 5.53. The zero-order chi connectivity index (χ0) is 19.6. The molecule has 1 N–H and O–H groups in total. The summed E-state index contributed by atoms with van der Waals surface area (Å²) >= 11 is 13.4. The van der Waals surface area contributed by atoms with Gasteiger partial charge in [0.1, 0.15) is 11.0 Å². The van der Waals surface area contributed by atoms with Crippen molar-refractivity contribution in [1.82, 2.24) is 20.0 Å². The summed E-state index contributed by atoms with van der Waals surface area (Å²) in [4.78, 5) is 27.6. The van der Waals surface area contributed by atoms with Gasteiger partial charge in [-0.3, -0.25) is 9.59 Å². The van der Waals surface area contributed by atoms with Crippen molar-refractivity contribution in [3.63, 3.8) is 0 Å². The number of amides is 2. The fraction of sp³-hybridized carbons (Fsp3) is 0.412. The van der Waals surface area contributed by atoms with Crippen LogP contribution in [0.25, 0.3) is 10.6 Å². The van der Waals surface area contributed by atoms with Gasteiger partial charge >= 0.3 is 0 Å². The number of halogens is 2. The van der Waals surface area contributed by atoms with Crippen molar-refractivity contribution < 1.29 is 9.59 Å². The molecule has 7 nitrogen and oxygen atoms in total. The minimum atomic E-state index is -0.419. The van der Waals surface area contributed by atoms with E-state index in [1.807, 2.05) is 0 Å². The summed E-state index contributed by atoms with van der Waals surface area (Å²) in [5, 5.41) is 13.7. The molecular weight excluding hydrogens is 409 g/mol. The van der Waals surface area contributed by atoms with Crippen molar-refractivity contribution in [1.29, 1.82) is 0 Å². The molecule has 0 aliphatic carbocycles. The number of nitrogens with zero attached hydrogens (tertiary/aromatic N) is 4. The van der Waals surface area contributed by atoms with Crippen LogP contribution in [0.3, 0.4) is 0 Å². The lowest BCUT2D eigenvalue weighted by atomic mass is 10.1. The Balaban J connectivity index is 1.69. The van der Waals surface area contributed by atoms with Crippen LogP contribution in [0.4, 0.5) is 5.13 Å². The van der Waals surface area contributed by atoms with E-state index in [1.165, 1.54) is 16.2 Å². The van der Waals surface area contributed by atoms with E-state index in [2.05, 4.69) is 15.5 Å². The molecule has 2 aromatic rings. The van der Waals surface area contributed by atoms with Crippen molar-refractivity contribution in [3.05, 3.63) is 28.2 Å². The number of hydrogen-bond donors (Lipinski definition) is 1. The molecule has 0 saturated carbocycles. The van der Waals surface area contributed by atoms with Crippen LogP contribution in [-0.2, 0) is 9.59 Å². The zero-order valence-corrected chi connectivity index (χ0v) is 17.2. The van der Waals surface area contributed by atoms with E-state index in [1.54, 1.807) is 37.2 Å². The lowest BCUT2D eigenvalue weighted by Gasteiger charge is -2.32. The second-order valence-corrected chi connectivity index (χ2v) is 8.31. The number of carbonyl (C=O) groups is 2. The molecule has 1 aliphatic heterocycles. The van der Waals surface area contributed by atoms with Gasteiger partial charge in [0.2, 0.25) is 16.9 Å². The molecule has 3 rings (SSSR count). The number of hydrogen-bond acceptors (Lipinski definition) is 6. The molecule has 1 saturated heterocycles. The molecule has 144 valence electrons. The number of carbonyl (C=O) groups excluding carboxylic acids is 2. The smallest absolute Gasteiger partial charge is 0.245 e. The highest BCUT2D eigenvalue weighted by Crippen LogP contribution is 2.31. The van der Waals surface area contributed by atoms with Gasteiger partial charge in [0.05, 0.1) is 6.54 Å². The average Bonchev–Trinajstić information content (AvgIpc) is 3.06. The maximum absolute atomic E-state index is 12.7. The van der Waals surface area contributed by atoms with Gasteiger partial charge in [0.15, 0.2) is 0 Å². The summed E-state index contributed by atoms with van der Waals surface area (Å²) < 4.78 is 0. The molecule has 1 aromatic carbocycles. The first kappa shape index (κ1) is 19.9. The van der Waals surface area contributed by atoms with Crippen molar-refractivity contribution in [2.45, 2.75) is 18.9 Å². The normalized spacial score (nSPS) is 17.1. The third kappa shape index (κ3) is 4.88. The maximum atomic E-state index is 12.7. The largest absolute Gasteiger partial charge is 0.348 e. The zero-order valence-electron chi connectivity index (χ0n) is 14.9. The van der Waals surface area contributed by atoms with E-state index in [9.17, 15) is 9.59 Å². The van der Waals surface area contributed by atoms with Crippen LogP contribution < -0.4 is 5.32 Å². The summed E-state index contributed by atoms with van der Waals surface area (Å²) in [5.41, 5.74) is 0.770. The van der Waals surface area contributed by atoms with Gasteiger partial charge in [-0.1, -0.05) is 34.5 Å². The van der Waals surface area contributed by atoms with Crippen LogP contribution in [0.5, 0.6) is 0 Å². The Morgan fingerprint density at radius 1 is 1.30 bits per heavy atom. The number of rotatable bonds is 5.